The summed E-state index contributed by atoms with van der Waals surface area (Å²) in [5, 5.41) is 0. The minimum atomic E-state index is -0.236. The van der Waals surface area contributed by atoms with Crippen LogP contribution in [0.3, 0.4) is 0 Å². The Morgan fingerprint density at radius 3 is 3.00 bits per heavy atom. The van der Waals surface area contributed by atoms with Gasteiger partial charge in [0.15, 0.2) is 5.78 Å². The van der Waals surface area contributed by atoms with Crippen LogP contribution >= 0.6 is 15.9 Å². The van der Waals surface area contributed by atoms with E-state index < -0.39 is 0 Å². The Morgan fingerprint density at radius 1 is 1.33 bits per heavy atom. The highest BCUT2D eigenvalue weighted by atomic mass is 79.9. The first-order valence-corrected chi connectivity index (χ1v) is 6.42. The number of fused-ring (bicyclic) bond motifs is 1. The highest BCUT2D eigenvalue weighted by Crippen LogP contribution is 2.35. The van der Waals surface area contributed by atoms with E-state index in [1.165, 1.54) is 0 Å². The third kappa shape index (κ3) is 2.04. The molecule has 4 heteroatoms. The van der Waals surface area contributed by atoms with Gasteiger partial charge in [0.2, 0.25) is 0 Å². The van der Waals surface area contributed by atoms with Gasteiger partial charge < -0.3 is 4.74 Å². The Hall–Kier alpha value is -1.68. The number of halogens is 1. The Morgan fingerprint density at radius 2 is 2.22 bits per heavy atom. The molecule has 0 radical (unpaired) electrons. The van der Waals surface area contributed by atoms with Crippen LogP contribution in [0.2, 0.25) is 0 Å². The average Bonchev–Trinajstić information content (AvgIpc) is 2.40. The largest absolute Gasteiger partial charge is 0.484 e. The van der Waals surface area contributed by atoms with Crippen LogP contribution in [0.5, 0.6) is 5.75 Å². The topological polar surface area (TPSA) is 39.2 Å². The molecule has 0 unspecified atom stereocenters. The van der Waals surface area contributed by atoms with Gasteiger partial charge in [0, 0.05) is 22.4 Å². The summed E-state index contributed by atoms with van der Waals surface area (Å²) in [5.41, 5.74) is 1.57. The van der Waals surface area contributed by atoms with Gasteiger partial charge in [-0.25, -0.2) is 0 Å². The molecule has 0 fully saturated rings. The zero-order chi connectivity index (χ0) is 12.5. The molecule has 0 spiro atoms. The van der Waals surface area contributed by atoms with Crippen molar-refractivity contribution in [2.75, 3.05) is 0 Å². The second kappa shape index (κ2) is 4.53. The van der Waals surface area contributed by atoms with Crippen molar-refractivity contribution < 1.29 is 9.53 Å². The minimum absolute atomic E-state index is 0.103. The molecule has 1 aromatic carbocycles. The third-order valence-electron chi connectivity index (χ3n) is 2.94. The maximum absolute atomic E-state index is 12.1. The molecule has 90 valence electrons. The quantitative estimate of drug-likeness (QED) is 0.809. The van der Waals surface area contributed by atoms with Crippen molar-refractivity contribution in [2.24, 2.45) is 0 Å². The molecule has 3 rings (SSSR count). The number of rotatable bonds is 1. The monoisotopic (exact) mass is 303 g/mol. The molecule has 0 saturated heterocycles. The molecule has 3 nitrogen and oxygen atoms in total. The second-order valence-electron chi connectivity index (χ2n) is 4.16. The predicted molar refractivity (Wildman–Crippen MR) is 70.7 cm³/mol. The molecule has 1 atom stereocenters. The van der Waals surface area contributed by atoms with E-state index in [1.54, 1.807) is 18.5 Å². The number of carbonyl (C=O) groups excluding carboxylic acids is 1. The lowest BCUT2D eigenvalue weighted by atomic mass is 9.97. The normalized spacial score (nSPS) is 18.1. The molecule has 0 aliphatic carbocycles. The fraction of sp³-hybridized carbons (Fsp3) is 0.143. The molecular formula is C14H10BrNO2. The number of Topliss-reactive ketones (excluding diaryl/α,β-unsaturated/α-hetero) is 1. The van der Waals surface area contributed by atoms with Gasteiger partial charge in [0.1, 0.15) is 11.9 Å². The van der Waals surface area contributed by atoms with E-state index in [0.29, 0.717) is 17.7 Å². The van der Waals surface area contributed by atoms with E-state index in [9.17, 15) is 4.79 Å². The maximum Gasteiger partial charge on any atom is 0.170 e. The number of ether oxygens (including phenoxy) is 1. The molecule has 1 aromatic heterocycles. The van der Waals surface area contributed by atoms with Crippen LogP contribution in [0.15, 0.2) is 47.2 Å². The predicted octanol–water partition coefficient (Wildman–Crippen LogP) is 3.55. The summed E-state index contributed by atoms with van der Waals surface area (Å²) in [5.74, 6) is 0.745. The molecule has 1 aliphatic heterocycles. The van der Waals surface area contributed by atoms with Crippen molar-refractivity contribution in [3.8, 4) is 5.75 Å². The first kappa shape index (κ1) is 11.4. The third-order valence-corrected chi connectivity index (χ3v) is 3.43. The van der Waals surface area contributed by atoms with Gasteiger partial charge in [-0.2, -0.15) is 0 Å². The molecule has 1 aliphatic rings. The summed E-state index contributed by atoms with van der Waals surface area (Å²) in [6.07, 6.45) is 3.57. The average molecular weight is 304 g/mol. The number of hydrogen-bond donors (Lipinski definition) is 0. The fourth-order valence-corrected chi connectivity index (χ4v) is 2.41. The summed E-state index contributed by atoms with van der Waals surface area (Å²) < 4.78 is 6.75. The zero-order valence-electron chi connectivity index (χ0n) is 9.47. The van der Waals surface area contributed by atoms with E-state index in [1.807, 2.05) is 24.3 Å². The maximum atomic E-state index is 12.1. The number of ketones is 1. The van der Waals surface area contributed by atoms with Crippen molar-refractivity contribution in [1.82, 2.24) is 4.98 Å². The molecule has 0 saturated carbocycles. The first-order chi connectivity index (χ1) is 8.74. The molecule has 18 heavy (non-hydrogen) atoms. The first-order valence-electron chi connectivity index (χ1n) is 5.63. The number of pyridine rings is 1. The Balaban J connectivity index is 1.97. The number of carbonyl (C=O) groups is 1. The SMILES string of the molecule is O=C1C[C@H](c2cccnc2)Oc2ccc(Br)cc21. The smallest absolute Gasteiger partial charge is 0.170 e. The molecule has 0 bridgehead atoms. The summed E-state index contributed by atoms with van der Waals surface area (Å²) in [6.45, 7) is 0. The van der Waals surface area contributed by atoms with Gasteiger partial charge in [0.05, 0.1) is 12.0 Å². The van der Waals surface area contributed by atoms with E-state index in [2.05, 4.69) is 20.9 Å². The van der Waals surface area contributed by atoms with Crippen LogP contribution < -0.4 is 4.74 Å². The van der Waals surface area contributed by atoms with Crippen LogP contribution in [0.4, 0.5) is 0 Å². The summed E-state index contributed by atoms with van der Waals surface area (Å²) >= 11 is 3.36. The van der Waals surface area contributed by atoms with Gasteiger partial charge in [-0.1, -0.05) is 22.0 Å². The lowest BCUT2D eigenvalue weighted by molar-refractivity contribution is 0.0849. The number of benzene rings is 1. The Kier molecular flexibility index (Phi) is 2.88. The van der Waals surface area contributed by atoms with E-state index in [0.717, 1.165) is 10.0 Å². The lowest BCUT2D eigenvalue weighted by Gasteiger charge is -2.25. The van der Waals surface area contributed by atoms with Gasteiger partial charge in [0.25, 0.3) is 0 Å². The summed E-state index contributed by atoms with van der Waals surface area (Å²) in [4.78, 5) is 16.2. The van der Waals surface area contributed by atoms with Crippen molar-refractivity contribution >= 4 is 21.7 Å². The highest BCUT2D eigenvalue weighted by Gasteiger charge is 2.27. The number of hydrogen-bond acceptors (Lipinski definition) is 3. The van der Waals surface area contributed by atoms with Crippen molar-refractivity contribution in [1.29, 1.82) is 0 Å². The molecular weight excluding hydrogens is 294 g/mol. The van der Waals surface area contributed by atoms with Crippen LogP contribution in [0.25, 0.3) is 0 Å². The molecule has 0 amide bonds. The van der Waals surface area contributed by atoms with E-state index in [4.69, 9.17) is 4.74 Å². The van der Waals surface area contributed by atoms with Crippen molar-refractivity contribution in [3.63, 3.8) is 0 Å². The van der Waals surface area contributed by atoms with Crippen LogP contribution in [0.1, 0.15) is 28.4 Å². The summed E-state index contributed by atoms with van der Waals surface area (Å²) in [6, 6.07) is 9.27. The van der Waals surface area contributed by atoms with Crippen LogP contribution in [0, 0.1) is 0 Å². The van der Waals surface area contributed by atoms with Gasteiger partial charge >= 0.3 is 0 Å². The minimum Gasteiger partial charge on any atom is -0.484 e. The second-order valence-corrected chi connectivity index (χ2v) is 5.08. The zero-order valence-corrected chi connectivity index (χ0v) is 11.1. The van der Waals surface area contributed by atoms with Gasteiger partial charge in [-0.05, 0) is 24.3 Å². The van der Waals surface area contributed by atoms with Crippen LogP contribution in [-0.2, 0) is 0 Å². The van der Waals surface area contributed by atoms with E-state index >= 15 is 0 Å². The Labute approximate surface area is 113 Å². The molecule has 2 heterocycles. The van der Waals surface area contributed by atoms with Gasteiger partial charge in [-0.3, -0.25) is 9.78 Å². The van der Waals surface area contributed by atoms with Crippen molar-refractivity contribution in [2.45, 2.75) is 12.5 Å². The standard InChI is InChI=1S/C14H10BrNO2/c15-10-3-4-13-11(6-10)12(17)7-14(18-13)9-2-1-5-16-8-9/h1-6,8,14H,7H2/t14-/m1/s1. The number of aromatic nitrogens is 1. The Bertz CT molecular complexity index is 598. The fourth-order valence-electron chi connectivity index (χ4n) is 2.05. The van der Waals surface area contributed by atoms with Crippen LogP contribution in [-0.4, -0.2) is 10.8 Å². The summed E-state index contributed by atoms with van der Waals surface area (Å²) in [7, 11) is 0. The number of nitrogens with zero attached hydrogens (tertiary/aromatic N) is 1. The van der Waals surface area contributed by atoms with E-state index in [-0.39, 0.29) is 11.9 Å². The molecule has 2 aromatic rings. The van der Waals surface area contributed by atoms with Gasteiger partial charge in [-0.15, -0.1) is 0 Å². The molecule has 0 N–H and O–H groups in total. The highest BCUT2D eigenvalue weighted by molar-refractivity contribution is 9.10. The lowest BCUT2D eigenvalue weighted by Crippen LogP contribution is -2.20. The van der Waals surface area contributed by atoms with Crippen molar-refractivity contribution in [3.05, 3.63) is 58.3 Å².